The molecule has 0 spiro atoms. The molecule has 3 heteroatoms. The first-order valence-electron chi connectivity index (χ1n) is 3.31. The fourth-order valence-corrected chi connectivity index (χ4v) is 1.14. The zero-order chi connectivity index (χ0) is 8.27. The first kappa shape index (κ1) is 6.07. The van der Waals surface area contributed by atoms with Crippen molar-refractivity contribution in [3.63, 3.8) is 0 Å². The smallest absolute Gasteiger partial charge is 0.157 e. The van der Waals surface area contributed by atoms with Crippen molar-refractivity contribution in [2.24, 2.45) is 0 Å². The average molecular weight is 157 g/mol. The van der Waals surface area contributed by atoms with Crippen molar-refractivity contribution in [1.82, 2.24) is 0 Å². The SMILES string of the molecule is [2H]c1ccc(CS(=O)O)cc1. The maximum atomic E-state index is 10.3. The van der Waals surface area contributed by atoms with Crippen LogP contribution >= 0.6 is 0 Å². The van der Waals surface area contributed by atoms with E-state index < -0.39 is 11.1 Å². The van der Waals surface area contributed by atoms with Crippen molar-refractivity contribution in [1.29, 1.82) is 0 Å². The minimum Gasteiger partial charge on any atom is -0.306 e. The maximum absolute atomic E-state index is 10.3. The molecule has 1 rings (SSSR count). The molecule has 0 heterocycles. The molecule has 0 aliphatic rings. The van der Waals surface area contributed by atoms with Crippen molar-refractivity contribution in [2.45, 2.75) is 5.75 Å². The molecule has 0 radical (unpaired) electrons. The predicted octanol–water partition coefficient (Wildman–Crippen LogP) is 1.41. The summed E-state index contributed by atoms with van der Waals surface area (Å²) in [7, 11) is 0. The highest BCUT2D eigenvalue weighted by Crippen LogP contribution is 2.00. The van der Waals surface area contributed by atoms with Crippen LogP contribution in [0.4, 0.5) is 0 Å². The third-order valence-corrected chi connectivity index (χ3v) is 1.66. The van der Waals surface area contributed by atoms with E-state index in [1.807, 2.05) is 0 Å². The number of rotatable bonds is 2. The minimum absolute atomic E-state index is 0.139. The summed E-state index contributed by atoms with van der Waals surface area (Å²) in [6.07, 6.45) is 0. The molecule has 0 amide bonds. The highest BCUT2D eigenvalue weighted by molar-refractivity contribution is 7.78. The lowest BCUT2D eigenvalue weighted by atomic mass is 10.2. The Morgan fingerprint density at radius 2 is 2.20 bits per heavy atom. The van der Waals surface area contributed by atoms with Crippen molar-refractivity contribution < 1.29 is 10.1 Å². The summed E-state index contributed by atoms with van der Waals surface area (Å²) in [5.41, 5.74) is 0.779. The van der Waals surface area contributed by atoms with Gasteiger partial charge in [-0.05, 0) is 5.56 Å². The third-order valence-electron chi connectivity index (χ3n) is 1.08. The zero-order valence-corrected chi connectivity index (χ0v) is 6.10. The summed E-state index contributed by atoms with van der Waals surface area (Å²) in [5, 5.41) is 0. The molecule has 10 heavy (non-hydrogen) atoms. The highest BCUT2D eigenvalue weighted by atomic mass is 32.2. The quantitative estimate of drug-likeness (QED) is 0.659. The van der Waals surface area contributed by atoms with Crippen LogP contribution in [0.1, 0.15) is 6.93 Å². The van der Waals surface area contributed by atoms with E-state index in [0.29, 0.717) is 6.04 Å². The summed E-state index contributed by atoms with van der Waals surface area (Å²) < 4.78 is 26.0. The van der Waals surface area contributed by atoms with Crippen LogP contribution in [0.15, 0.2) is 30.3 Å². The number of hydrogen-bond acceptors (Lipinski definition) is 1. The molecule has 0 aliphatic heterocycles. The Hall–Kier alpha value is -0.670. The molecule has 0 saturated heterocycles. The second kappa shape index (κ2) is 3.49. The van der Waals surface area contributed by atoms with Gasteiger partial charge in [-0.2, -0.15) is 0 Å². The van der Waals surface area contributed by atoms with Crippen molar-refractivity contribution in [3.8, 4) is 0 Å². The van der Waals surface area contributed by atoms with E-state index in [1.165, 1.54) is 0 Å². The molecule has 0 fully saturated rings. The summed E-state index contributed by atoms with van der Waals surface area (Å²) >= 11 is -1.78. The van der Waals surface area contributed by atoms with Crippen LogP contribution in [0.25, 0.3) is 0 Å². The van der Waals surface area contributed by atoms with Gasteiger partial charge in [0.25, 0.3) is 0 Å². The standard InChI is InChI=1S/C7H8O2S/c8-10(9)6-7-4-2-1-3-5-7/h1-5H,6H2,(H,8,9)/i1D. The maximum Gasteiger partial charge on any atom is 0.157 e. The van der Waals surface area contributed by atoms with Gasteiger partial charge in [0.2, 0.25) is 0 Å². The third kappa shape index (κ3) is 2.29. The summed E-state index contributed by atoms with van der Waals surface area (Å²) in [4.78, 5) is 0. The highest BCUT2D eigenvalue weighted by Gasteiger charge is 1.93. The van der Waals surface area contributed by atoms with E-state index >= 15 is 0 Å². The van der Waals surface area contributed by atoms with Gasteiger partial charge in [-0.25, -0.2) is 4.21 Å². The van der Waals surface area contributed by atoms with Crippen LogP contribution in [0.2, 0.25) is 0 Å². The minimum atomic E-state index is -1.78. The number of benzene rings is 1. The average Bonchev–Trinajstić information content (AvgIpc) is 1.93. The van der Waals surface area contributed by atoms with Crippen LogP contribution in [0.5, 0.6) is 0 Å². The zero-order valence-electron chi connectivity index (χ0n) is 6.28. The van der Waals surface area contributed by atoms with E-state index in [4.69, 9.17) is 5.92 Å². The van der Waals surface area contributed by atoms with Crippen molar-refractivity contribution >= 4 is 11.1 Å². The molecular formula is C7H8O2S. The predicted molar refractivity (Wildman–Crippen MR) is 40.9 cm³/mol. The molecule has 1 aromatic rings. The Morgan fingerprint density at radius 1 is 1.60 bits per heavy atom. The first-order chi connectivity index (χ1) is 5.18. The van der Waals surface area contributed by atoms with E-state index in [-0.39, 0.29) is 5.75 Å². The molecular weight excluding hydrogens is 148 g/mol. The fourth-order valence-electron chi connectivity index (χ4n) is 0.660. The Balaban J connectivity index is 2.74. The van der Waals surface area contributed by atoms with Gasteiger partial charge in [0, 0.05) is 0 Å². The molecule has 1 unspecified atom stereocenters. The molecule has 54 valence electrons. The molecule has 1 N–H and O–H groups in total. The summed E-state index contributed by atoms with van der Waals surface area (Å²) in [6.45, 7) is 0. The molecule has 1 aromatic carbocycles. The second-order valence-electron chi connectivity index (χ2n) is 1.87. The summed E-state index contributed by atoms with van der Waals surface area (Å²) in [6, 6.07) is 6.97. The van der Waals surface area contributed by atoms with Gasteiger partial charge in [-0.1, -0.05) is 30.3 Å². The van der Waals surface area contributed by atoms with Gasteiger partial charge >= 0.3 is 0 Å². The molecule has 0 saturated carbocycles. The van der Waals surface area contributed by atoms with Crippen LogP contribution in [-0.4, -0.2) is 8.76 Å². The van der Waals surface area contributed by atoms with Crippen LogP contribution < -0.4 is 0 Å². The Labute approximate surface area is 63.6 Å². The normalized spacial score (nSPS) is 14.3. The van der Waals surface area contributed by atoms with Gasteiger partial charge in [0.15, 0.2) is 11.1 Å². The van der Waals surface area contributed by atoms with E-state index in [2.05, 4.69) is 0 Å². The van der Waals surface area contributed by atoms with Crippen LogP contribution in [0.3, 0.4) is 0 Å². The monoisotopic (exact) mass is 157 g/mol. The van der Waals surface area contributed by atoms with Gasteiger partial charge in [0.05, 0.1) is 7.12 Å². The molecule has 0 aromatic heterocycles. The Kier molecular flexibility index (Phi) is 2.12. The van der Waals surface area contributed by atoms with Crippen LogP contribution in [-0.2, 0) is 16.8 Å². The summed E-state index contributed by atoms with van der Waals surface area (Å²) in [5.74, 6) is 0.139. The van der Waals surface area contributed by atoms with Gasteiger partial charge in [0.1, 0.15) is 0 Å². The largest absolute Gasteiger partial charge is 0.306 e. The van der Waals surface area contributed by atoms with Gasteiger partial charge in [-0.15, -0.1) is 0 Å². The van der Waals surface area contributed by atoms with Crippen molar-refractivity contribution in [3.05, 3.63) is 35.9 Å². The van der Waals surface area contributed by atoms with Crippen LogP contribution in [0, 0.1) is 0 Å². The molecule has 1 atom stereocenters. The molecule has 0 aliphatic carbocycles. The lowest BCUT2D eigenvalue weighted by molar-refractivity contribution is 0.563. The Morgan fingerprint density at radius 3 is 2.70 bits per heavy atom. The van der Waals surface area contributed by atoms with Gasteiger partial charge in [-0.3, -0.25) is 0 Å². The Bertz CT molecular complexity index is 258. The fraction of sp³-hybridized carbons (Fsp3) is 0.143. The van der Waals surface area contributed by atoms with E-state index in [1.54, 1.807) is 24.3 Å². The van der Waals surface area contributed by atoms with Gasteiger partial charge < -0.3 is 4.55 Å². The number of hydrogen-bond donors (Lipinski definition) is 1. The lowest BCUT2D eigenvalue weighted by Crippen LogP contribution is -1.91. The molecule has 2 nitrogen and oxygen atoms in total. The second-order valence-corrected chi connectivity index (χ2v) is 2.81. The first-order valence-corrected chi connectivity index (χ1v) is 4.09. The topological polar surface area (TPSA) is 37.3 Å². The molecule has 0 bridgehead atoms. The van der Waals surface area contributed by atoms with E-state index in [0.717, 1.165) is 5.56 Å². The van der Waals surface area contributed by atoms with Crippen molar-refractivity contribution in [2.75, 3.05) is 0 Å². The lowest BCUT2D eigenvalue weighted by Gasteiger charge is -1.93. The van der Waals surface area contributed by atoms with E-state index in [9.17, 15) is 4.21 Å².